The molecular formula is C12H23N3O. The van der Waals surface area contributed by atoms with Crippen molar-refractivity contribution in [3.8, 4) is 0 Å². The van der Waals surface area contributed by atoms with Crippen LogP contribution < -0.4 is 10.6 Å². The van der Waals surface area contributed by atoms with Crippen LogP contribution in [0.15, 0.2) is 0 Å². The number of hydrogen-bond donors (Lipinski definition) is 2. The Morgan fingerprint density at radius 2 is 2.19 bits per heavy atom. The summed E-state index contributed by atoms with van der Waals surface area (Å²) in [4.78, 5) is 13.7. The quantitative estimate of drug-likeness (QED) is 0.709. The van der Waals surface area contributed by atoms with Gasteiger partial charge in [0.05, 0.1) is 6.54 Å². The summed E-state index contributed by atoms with van der Waals surface area (Å²) in [6.07, 6.45) is 6.19. The van der Waals surface area contributed by atoms with E-state index < -0.39 is 0 Å². The first-order chi connectivity index (χ1) is 7.74. The second-order valence-corrected chi connectivity index (χ2v) is 5.19. The maximum atomic E-state index is 11.6. The fourth-order valence-corrected chi connectivity index (χ4v) is 2.27. The summed E-state index contributed by atoms with van der Waals surface area (Å²) < 4.78 is 0. The first kappa shape index (κ1) is 11.9. The van der Waals surface area contributed by atoms with E-state index in [0.717, 1.165) is 13.1 Å². The number of hydrogen-bond acceptors (Lipinski definition) is 3. The molecule has 2 aliphatic rings. The number of nitrogens with zero attached hydrogens (tertiary/aromatic N) is 1. The van der Waals surface area contributed by atoms with Gasteiger partial charge in [0.1, 0.15) is 0 Å². The number of amides is 1. The van der Waals surface area contributed by atoms with Gasteiger partial charge in [-0.2, -0.15) is 0 Å². The summed E-state index contributed by atoms with van der Waals surface area (Å²) in [7, 11) is 2.03. The minimum atomic E-state index is 0.181. The molecule has 4 heteroatoms. The molecule has 1 saturated heterocycles. The van der Waals surface area contributed by atoms with Crippen LogP contribution in [0.4, 0.5) is 0 Å². The minimum absolute atomic E-state index is 0.181. The fraction of sp³-hybridized carbons (Fsp3) is 0.917. The standard InChI is InChI=1S/C12H23N3O/c1-15(8-11-4-2-3-7-13-11)9-12(16)14-10-5-6-10/h10-11,13H,2-9H2,1H3,(H,14,16). The van der Waals surface area contributed by atoms with Gasteiger partial charge in [-0.05, 0) is 39.3 Å². The second-order valence-electron chi connectivity index (χ2n) is 5.19. The Morgan fingerprint density at radius 3 is 2.81 bits per heavy atom. The van der Waals surface area contributed by atoms with Gasteiger partial charge < -0.3 is 10.6 Å². The van der Waals surface area contributed by atoms with Crippen LogP contribution >= 0.6 is 0 Å². The van der Waals surface area contributed by atoms with E-state index in [-0.39, 0.29) is 5.91 Å². The molecule has 1 aliphatic heterocycles. The van der Waals surface area contributed by atoms with Crippen LogP contribution in [0.5, 0.6) is 0 Å². The Kier molecular flexibility index (Phi) is 4.18. The Labute approximate surface area is 97.8 Å². The molecule has 1 aliphatic carbocycles. The monoisotopic (exact) mass is 225 g/mol. The van der Waals surface area contributed by atoms with Crippen molar-refractivity contribution in [1.29, 1.82) is 0 Å². The van der Waals surface area contributed by atoms with Crippen LogP contribution in [-0.2, 0) is 4.79 Å². The van der Waals surface area contributed by atoms with Crippen molar-refractivity contribution in [3.05, 3.63) is 0 Å². The van der Waals surface area contributed by atoms with Crippen molar-refractivity contribution in [2.24, 2.45) is 0 Å². The molecule has 2 rings (SSSR count). The van der Waals surface area contributed by atoms with Gasteiger partial charge in [0, 0.05) is 18.6 Å². The average molecular weight is 225 g/mol. The van der Waals surface area contributed by atoms with Crippen molar-refractivity contribution in [3.63, 3.8) is 0 Å². The van der Waals surface area contributed by atoms with Crippen molar-refractivity contribution < 1.29 is 4.79 Å². The predicted octanol–water partition coefficient (Wildman–Crippen LogP) is 0.339. The number of carbonyl (C=O) groups is 1. The lowest BCUT2D eigenvalue weighted by Crippen LogP contribution is -2.45. The molecular weight excluding hydrogens is 202 g/mol. The van der Waals surface area contributed by atoms with Gasteiger partial charge in [0.15, 0.2) is 0 Å². The molecule has 92 valence electrons. The van der Waals surface area contributed by atoms with Gasteiger partial charge >= 0.3 is 0 Å². The fourth-order valence-electron chi connectivity index (χ4n) is 2.27. The van der Waals surface area contributed by atoms with E-state index in [9.17, 15) is 4.79 Å². The summed E-state index contributed by atoms with van der Waals surface area (Å²) in [6, 6.07) is 1.06. The van der Waals surface area contributed by atoms with E-state index >= 15 is 0 Å². The normalized spacial score (nSPS) is 25.8. The highest BCUT2D eigenvalue weighted by Crippen LogP contribution is 2.18. The molecule has 1 heterocycles. The molecule has 4 nitrogen and oxygen atoms in total. The van der Waals surface area contributed by atoms with Crippen molar-refractivity contribution >= 4 is 5.91 Å². The topological polar surface area (TPSA) is 44.4 Å². The first-order valence-corrected chi connectivity index (χ1v) is 6.45. The van der Waals surface area contributed by atoms with E-state index in [2.05, 4.69) is 15.5 Å². The largest absolute Gasteiger partial charge is 0.352 e. The molecule has 0 spiro atoms. The highest BCUT2D eigenvalue weighted by atomic mass is 16.2. The maximum absolute atomic E-state index is 11.6. The van der Waals surface area contributed by atoms with Crippen LogP contribution in [0.1, 0.15) is 32.1 Å². The lowest BCUT2D eigenvalue weighted by atomic mass is 10.0. The van der Waals surface area contributed by atoms with Gasteiger partial charge in [-0.1, -0.05) is 6.42 Å². The smallest absolute Gasteiger partial charge is 0.234 e. The Bertz CT molecular complexity index is 234. The minimum Gasteiger partial charge on any atom is -0.352 e. The molecule has 0 aromatic heterocycles. The predicted molar refractivity (Wildman–Crippen MR) is 64.3 cm³/mol. The molecule has 16 heavy (non-hydrogen) atoms. The van der Waals surface area contributed by atoms with E-state index in [1.807, 2.05) is 7.05 Å². The van der Waals surface area contributed by atoms with Crippen LogP contribution in [0.3, 0.4) is 0 Å². The lowest BCUT2D eigenvalue weighted by Gasteiger charge is -2.27. The lowest BCUT2D eigenvalue weighted by molar-refractivity contribution is -0.122. The molecule has 2 N–H and O–H groups in total. The number of likely N-dealkylation sites (N-methyl/N-ethyl adjacent to an activating group) is 1. The molecule has 1 atom stereocenters. The van der Waals surface area contributed by atoms with Crippen molar-refractivity contribution in [2.45, 2.75) is 44.2 Å². The van der Waals surface area contributed by atoms with Crippen LogP contribution in [0.2, 0.25) is 0 Å². The molecule has 2 fully saturated rings. The molecule has 1 unspecified atom stereocenters. The zero-order valence-electron chi connectivity index (χ0n) is 10.2. The van der Waals surface area contributed by atoms with E-state index in [0.29, 0.717) is 18.6 Å². The average Bonchev–Trinajstić information content (AvgIpc) is 3.02. The molecule has 0 bridgehead atoms. The third kappa shape index (κ3) is 4.10. The summed E-state index contributed by atoms with van der Waals surface area (Å²) >= 11 is 0. The first-order valence-electron chi connectivity index (χ1n) is 6.45. The van der Waals surface area contributed by atoms with Gasteiger partial charge in [-0.15, -0.1) is 0 Å². The Balaban J connectivity index is 1.61. The van der Waals surface area contributed by atoms with E-state index in [1.165, 1.54) is 32.1 Å². The second kappa shape index (κ2) is 5.64. The van der Waals surface area contributed by atoms with Crippen LogP contribution in [0.25, 0.3) is 0 Å². The number of piperidine rings is 1. The van der Waals surface area contributed by atoms with Gasteiger partial charge in [0.25, 0.3) is 0 Å². The maximum Gasteiger partial charge on any atom is 0.234 e. The zero-order chi connectivity index (χ0) is 11.4. The molecule has 0 aromatic rings. The van der Waals surface area contributed by atoms with E-state index in [1.54, 1.807) is 0 Å². The summed E-state index contributed by atoms with van der Waals surface area (Å²) in [6.45, 7) is 2.65. The molecule has 1 amide bonds. The number of nitrogens with one attached hydrogen (secondary N) is 2. The highest BCUT2D eigenvalue weighted by molar-refractivity contribution is 5.78. The van der Waals surface area contributed by atoms with E-state index in [4.69, 9.17) is 0 Å². The van der Waals surface area contributed by atoms with Gasteiger partial charge in [0.2, 0.25) is 5.91 Å². The Morgan fingerprint density at radius 1 is 1.38 bits per heavy atom. The van der Waals surface area contributed by atoms with Crippen LogP contribution in [-0.4, -0.2) is 49.6 Å². The van der Waals surface area contributed by atoms with Crippen LogP contribution in [0, 0.1) is 0 Å². The third-order valence-electron chi connectivity index (χ3n) is 3.30. The molecule has 1 saturated carbocycles. The van der Waals surface area contributed by atoms with Gasteiger partial charge in [-0.25, -0.2) is 0 Å². The zero-order valence-corrected chi connectivity index (χ0v) is 10.2. The van der Waals surface area contributed by atoms with Crippen molar-refractivity contribution in [2.75, 3.05) is 26.7 Å². The summed E-state index contributed by atoms with van der Waals surface area (Å²) in [5.41, 5.74) is 0. The molecule has 0 aromatic carbocycles. The number of carbonyl (C=O) groups excluding carboxylic acids is 1. The Hall–Kier alpha value is -0.610. The van der Waals surface area contributed by atoms with Crippen molar-refractivity contribution in [1.82, 2.24) is 15.5 Å². The van der Waals surface area contributed by atoms with Gasteiger partial charge in [-0.3, -0.25) is 9.69 Å². The third-order valence-corrected chi connectivity index (χ3v) is 3.30. The molecule has 0 radical (unpaired) electrons. The highest BCUT2D eigenvalue weighted by Gasteiger charge is 2.24. The summed E-state index contributed by atoms with van der Waals surface area (Å²) in [5.74, 6) is 0.181. The SMILES string of the molecule is CN(CC(=O)NC1CC1)CC1CCCCN1. The number of rotatable bonds is 5. The summed E-state index contributed by atoms with van der Waals surface area (Å²) in [5, 5.41) is 6.52.